The lowest BCUT2D eigenvalue weighted by Gasteiger charge is -2.19. The Morgan fingerprint density at radius 1 is 1.22 bits per heavy atom. The zero-order valence-electron chi connectivity index (χ0n) is 10.8. The van der Waals surface area contributed by atoms with Crippen LogP contribution >= 0.6 is 0 Å². The van der Waals surface area contributed by atoms with Crippen molar-refractivity contribution < 1.29 is 4.92 Å². The Morgan fingerprint density at radius 2 is 1.89 bits per heavy atom. The van der Waals surface area contributed by atoms with Gasteiger partial charge in [-0.3, -0.25) is 10.1 Å². The summed E-state index contributed by atoms with van der Waals surface area (Å²) in [5.41, 5.74) is 1.85. The van der Waals surface area contributed by atoms with Crippen molar-refractivity contribution in [1.29, 1.82) is 0 Å². The summed E-state index contributed by atoms with van der Waals surface area (Å²) in [6.45, 7) is 1.92. The molecule has 1 aliphatic carbocycles. The maximum atomic E-state index is 11.0. The third-order valence-electron chi connectivity index (χ3n) is 3.65. The van der Waals surface area contributed by atoms with Crippen LogP contribution in [0.2, 0.25) is 0 Å². The quantitative estimate of drug-likeness (QED) is 0.499. The van der Waals surface area contributed by atoms with Crippen LogP contribution in [0.15, 0.2) is 18.2 Å². The number of hydrogen-bond donors (Lipinski definition) is 1. The molecule has 0 radical (unpaired) electrons. The fourth-order valence-electron chi connectivity index (χ4n) is 2.62. The Kier molecular flexibility index (Phi) is 4.18. The number of hydrogen-bond acceptors (Lipinski definition) is 3. The molecule has 1 saturated carbocycles. The first kappa shape index (κ1) is 12.9. The average Bonchev–Trinajstić information content (AvgIpc) is 2.60. The summed E-state index contributed by atoms with van der Waals surface area (Å²) in [5.74, 6) is 0. The van der Waals surface area contributed by atoms with Crippen molar-refractivity contribution in [3.8, 4) is 0 Å². The molecule has 0 heterocycles. The van der Waals surface area contributed by atoms with Crippen LogP contribution in [-0.4, -0.2) is 11.0 Å². The van der Waals surface area contributed by atoms with E-state index in [1.54, 1.807) is 12.1 Å². The molecule has 0 unspecified atom stereocenters. The fraction of sp³-hybridized carbons (Fsp3) is 0.571. The topological polar surface area (TPSA) is 55.2 Å². The number of benzene rings is 1. The maximum absolute atomic E-state index is 11.0. The van der Waals surface area contributed by atoms with E-state index in [4.69, 9.17) is 0 Å². The van der Waals surface area contributed by atoms with Gasteiger partial charge in [0.15, 0.2) is 0 Å². The van der Waals surface area contributed by atoms with Crippen LogP contribution in [0.5, 0.6) is 0 Å². The molecule has 1 aliphatic rings. The summed E-state index contributed by atoms with van der Waals surface area (Å²) in [7, 11) is 0. The predicted octanol–water partition coefficient (Wildman–Crippen LogP) is 4.04. The zero-order chi connectivity index (χ0) is 13.0. The van der Waals surface area contributed by atoms with Gasteiger partial charge in [0.05, 0.1) is 4.92 Å². The number of aryl methyl sites for hydroxylation is 1. The molecule has 98 valence electrons. The van der Waals surface area contributed by atoms with Gasteiger partial charge in [-0.05, 0) is 25.3 Å². The van der Waals surface area contributed by atoms with Crippen molar-refractivity contribution in [2.24, 2.45) is 0 Å². The molecule has 0 saturated heterocycles. The van der Waals surface area contributed by atoms with E-state index >= 15 is 0 Å². The SMILES string of the molecule is Cc1cccc([N+](=O)[O-])c1NC1CCCCCC1. The van der Waals surface area contributed by atoms with Crippen LogP contribution < -0.4 is 5.32 Å². The lowest BCUT2D eigenvalue weighted by molar-refractivity contribution is -0.384. The van der Waals surface area contributed by atoms with Crippen LogP contribution in [0.25, 0.3) is 0 Å². The van der Waals surface area contributed by atoms with Gasteiger partial charge in [0.25, 0.3) is 5.69 Å². The van der Waals surface area contributed by atoms with E-state index < -0.39 is 0 Å². The second-order valence-corrected chi connectivity index (χ2v) is 5.06. The molecule has 0 atom stereocenters. The van der Waals surface area contributed by atoms with E-state index in [0.29, 0.717) is 11.7 Å². The molecule has 1 aromatic rings. The van der Waals surface area contributed by atoms with Crippen molar-refractivity contribution >= 4 is 11.4 Å². The Balaban J connectivity index is 2.19. The van der Waals surface area contributed by atoms with E-state index in [1.807, 2.05) is 13.0 Å². The largest absolute Gasteiger partial charge is 0.377 e. The Labute approximate surface area is 108 Å². The Hall–Kier alpha value is -1.58. The van der Waals surface area contributed by atoms with E-state index in [9.17, 15) is 10.1 Å². The average molecular weight is 248 g/mol. The van der Waals surface area contributed by atoms with Gasteiger partial charge in [-0.2, -0.15) is 0 Å². The number of rotatable bonds is 3. The molecule has 0 spiro atoms. The zero-order valence-corrected chi connectivity index (χ0v) is 10.8. The predicted molar refractivity (Wildman–Crippen MR) is 72.9 cm³/mol. The van der Waals surface area contributed by atoms with Crippen LogP contribution in [-0.2, 0) is 0 Å². The second kappa shape index (κ2) is 5.85. The van der Waals surface area contributed by atoms with E-state index in [-0.39, 0.29) is 10.6 Å². The number of nitrogens with zero attached hydrogens (tertiary/aromatic N) is 1. The monoisotopic (exact) mass is 248 g/mol. The van der Waals surface area contributed by atoms with Gasteiger partial charge in [-0.15, -0.1) is 0 Å². The lowest BCUT2D eigenvalue weighted by atomic mass is 10.1. The van der Waals surface area contributed by atoms with Gasteiger partial charge in [0.1, 0.15) is 5.69 Å². The normalized spacial score (nSPS) is 17.2. The van der Waals surface area contributed by atoms with E-state index in [0.717, 1.165) is 18.4 Å². The first-order chi connectivity index (χ1) is 8.68. The Bertz CT molecular complexity index is 424. The minimum atomic E-state index is -0.300. The van der Waals surface area contributed by atoms with Crippen molar-refractivity contribution in [1.82, 2.24) is 0 Å². The summed E-state index contributed by atoms with van der Waals surface area (Å²) in [4.78, 5) is 10.7. The smallest absolute Gasteiger partial charge is 0.292 e. The molecule has 0 aromatic heterocycles. The minimum Gasteiger partial charge on any atom is -0.377 e. The molecule has 1 N–H and O–H groups in total. The van der Waals surface area contributed by atoms with Crippen LogP contribution in [0.4, 0.5) is 11.4 Å². The third-order valence-corrected chi connectivity index (χ3v) is 3.65. The second-order valence-electron chi connectivity index (χ2n) is 5.06. The number of nitrogens with one attached hydrogen (secondary N) is 1. The highest BCUT2D eigenvalue weighted by atomic mass is 16.6. The highest BCUT2D eigenvalue weighted by Gasteiger charge is 2.19. The number of anilines is 1. The van der Waals surface area contributed by atoms with Gasteiger partial charge >= 0.3 is 0 Å². The van der Waals surface area contributed by atoms with Crippen molar-refractivity contribution in [2.45, 2.75) is 51.5 Å². The molecular weight excluding hydrogens is 228 g/mol. The van der Waals surface area contributed by atoms with Crippen molar-refractivity contribution in [2.75, 3.05) is 5.32 Å². The summed E-state index contributed by atoms with van der Waals surface area (Å²) in [6, 6.07) is 5.62. The Morgan fingerprint density at radius 3 is 2.50 bits per heavy atom. The third kappa shape index (κ3) is 3.00. The maximum Gasteiger partial charge on any atom is 0.292 e. The molecular formula is C14H20N2O2. The number of para-hydroxylation sites is 1. The van der Waals surface area contributed by atoms with Crippen molar-refractivity contribution in [3.05, 3.63) is 33.9 Å². The molecule has 1 fully saturated rings. The first-order valence-corrected chi connectivity index (χ1v) is 6.69. The lowest BCUT2D eigenvalue weighted by Crippen LogP contribution is -2.19. The molecule has 0 aliphatic heterocycles. The van der Waals surface area contributed by atoms with Gasteiger partial charge in [-0.25, -0.2) is 0 Å². The summed E-state index contributed by atoms with van der Waals surface area (Å²) >= 11 is 0. The summed E-state index contributed by atoms with van der Waals surface area (Å²) < 4.78 is 0. The van der Waals surface area contributed by atoms with Gasteiger partial charge < -0.3 is 5.32 Å². The van der Waals surface area contributed by atoms with Gasteiger partial charge in [0, 0.05) is 12.1 Å². The van der Waals surface area contributed by atoms with E-state index in [2.05, 4.69) is 5.32 Å². The summed E-state index contributed by atoms with van der Waals surface area (Å²) in [5, 5.41) is 14.4. The molecule has 0 bridgehead atoms. The number of nitro benzene ring substituents is 1. The molecule has 0 amide bonds. The molecule has 4 heteroatoms. The molecule has 4 nitrogen and oxygen atoms in total. The van der Waals surface area contributed by atoms with Crippen LogP contribution in [0.1, 0.15) is 44.1 Å². The van der Waals surface area contributed by atoms with Crippen molar-refractivity contribution in [3.63, 3.8) is 0 Å². The molecule has 18 heavy (non-hydrogen) atoms. The van der Waals surface area contributed by atoms with Crippen LogP contribution in [0, 0.1) is 17.0 Å². The number of nitro groups is 1. The summed E-state index contributed by atoms with van der Waals surface area (Å²) in [6.07, 6.45) is 7.24. The van der Waals surface area contributed by atoms with Crippen LogP contribution in [0.3, 0.4) is 0 Å². The first-order valence-electron chi connectivity index (χ1n) is 6.69. The van der Waals surface area contributed by atoms with Gasteiger partial charge in [0.2, 0.25) is 0 Å². The van der Waals surface area contributed by atoms with Gasteiger partial charge in [-0.1, -0.05) is 37.8 Å². The highest BCUT2D eigenvalue weighted by molar-refractivity contribution is 5.66. The molecule has 2 rings (SSSR count). The molecule has 1 aromatic carbocycles. The fourth-order valence-corrected chi connectivity index (χ4v) is 2.62. The van der Waals surface area contributed by atoms with E-state index in [1.165, 1.54) is 25.7 Å². The highest BCUT2D eigenvalue weighted by Crippen LogP contribution is 2.30. The standard InChI is InChI=1S/C14H20N2O2/c1-11-7-6-10-13(16(17)18)14(11)15-12-8-4-2-3-5-9-12/h6-7,10,12,15H,2-5,8-9H2,1H3. The minimum absolute atomic E-state index is 0.194.